The van der Waals surface area contributed by atoms with Crippen molar-refractivity contribution in [2.75, 3.05) is 0 Å². The normalized spacial score (nSPS) is 10.0. The molecule has 0 amide bonds. The van der Waals surface area contributed by atoms with E-state index in [1.54, 1.807) is 0 Å². The number of hydrogen-bond acceptors (Lipinski definition) is 3. The zero-order valence-electron chi connectivity index (χ0n) is 6.43. The highest BCUT2D eigenvalue weighted by Crippen LogP contribution is 2.14. The van der Waals surface area contributed by atoms with Gasteiger partial charge < -0.3 is 10.7 Å². The molecule has 0 fully saturated rings. The van der Waals surface area contributed by atoms with E-state index in [4.69, 9.17) is 11.1 Å². The van der Waals surface area contributed by atoms with E-state index in [0.717, 1.165) is 23.1 Å². The standard InChI is InChI=1S/C6H10N4S/c1-3-4(2)10-6(9-3)11-5(7)8/h1-2H3,(H3,7,8)(H,9,10). The Bertz CT molecular complexity index is 259. The van der Waals surface area contributed by atoms with Crippen LogP contribution in [0.3, 0.4) is 0 Å². The predicted molar refractivity (Wildman–Crippen MR) is 45.8 cm³/mol. The van der Waals surface area contributed by atoms with Crippen LogP contribution >= 0.6 is 11.8 Å². The molecule has 1 aromatic rings. The van der Waals surface area contributed by atoms with Gasteiger partial charge in [0.25, 0.3) is 0 Å². The molecule has 0 aliphatic heterocycles. The lowest BCUT2D eigenvalue weighted by molar-refractivity contribution is 1.04. The average Bonchev–Trinajstić information content (AvgIpc) is 2.10. The number of imidazole rings is 1. The third-order valence-electron chi connectivity index (χ3n) is 1.31. The first-order valence-electron chi connectivity index (χ1n) is 3.14. The van der Waals surface area contributed by atoms with Crippen molar-refractivity contribution >= 4 is 16.9 Å². The molecule has 0 unspecified atom stereocenters. The Morgan fingerprint density at radius 2 is 2.27 bits per heavy atom. The summed E-state index contributed by atoms with van der Waals surface area (Å²) in [7, 11) is 0. The van der Waals surface area contributed by atoms with Crippen molar-refractivity contribution in [2.24, 2.45) is 5.73 Å². The minimum Gasteiger partial charge on any atom is -0.378 e. The Morgan fingerprint density at radius 3 is 2.64 bits per heavy atom. The third kappa shape index (κ3) is 1.98. The first-order chi connectivity index (χ1) is 5.09. The second-order valence-electron chi connectivity index (χ2n) is 2.22. The van der Waals surface area contributed by atoms with Crippen LogP contribution in [0.2, 0.25) is 0 Å². The highest BCUT2D eigenvalue weighted by Gasteiger charge is 2.03. The van der Waals surface area contributed by atoms with Gasteiger partial charge in [0.05, 0.1) is 5.69 Å². The van der Waals surface area contributed by atoms with Crippen LogP contribution in [0.1, 0.15) is 11.4 Å². The molecule has 1 heterocycles. The Balaban J connectivity index is 2.81. The van der Waals surface area contributed by atoms with Crippen LogP contribution in [0.25, 0.3) is 0 Å². The molecule has 4 N–H and O–H groups in total. The molecule has 60 valence electrons. The SMILES string of the molecule is Cc1nc(SC(=N)N)[nH]c1C. The van der Waals surface area contributed by atoms with Crippen LogP contribution in [0, 0.1) is 19.3 Å². The zero-order valence-corrected chi connectivity index (χ0v) is 7.25. The molecular weight excluding hydrogens is 160 g/mol. The topological polar surface area (TPSA) is 78.6 Å². The van der Waals surface area contributed by atoms with Crippen LogP contribution in [-0.4, -0.2) is 15.1 Å². The molecule has 5 heteroatoms. The van der Waals surface area contributed by atoms with Crippen LogP contribution in [0.5, 0.6) is 0 Å². The van der Waals surface area contributed by atoms with Crippen molar-refractivity contribution < 1.29 is 0 Å². The van der Waals surface area contributed by atoms with Crippen molar-refractivity contribution in [1.82, 2.24) is 9.97 Å². The smallest absolute Gasteiger partial charge is 0.173 e. The van der Waals surface area contributed by atoms with Crippen molar-refractivity contribution in [3.63, 3.8) is 0 Å². The van der Waals surface area contributed by atoms with Gasteiger partial charge in [-0.05, 0) is 25.6 Å². The maximum Gasteiger partial charge on any atom is 0.173 e. The molecule has 0 aliphatic carbocycles. The van der Waals surface area contributed by atoms with E-state index in [2.05, 4.69) is 9.97 Å². The van der Waals surface area contributed by atoms with Crippen molar-refractivity contribution in [2.45, 2.75) is 19.0 Å². The van der Waals surface area contributed by atoms with E-state index in [0.29, 0.717) is 5.16 Å². The predicted octanol–water partition coefficient (Wildman–Crippen LogP) is 1.01. The van der Waals surface area contributed by atoms with E-state index in [1.165, 1.54) is 0 Å². The molecule has 0 spiro atoms. The van der Waals surface area contributed by atoms with Gasteiger partial charge in [-0.25, -0.2) is 4.98 Å². The summed E-state index contributed by atoms with van der Waals surface area (Å²) in [4.78, 5) is 7.14. The van der Waals surface area contributed by atoms with E-state index >= 15 is 0 Å². The fraction of sp³-hybridized carbons (Fsp3) is 0.333. The third-order valence-corrected chi connectivity index (χ3v) is 1.92. The molecular formula is C6H10N4S. The first-order valence-corrected chi connectivity index (χ1v) is 3.96. The van der Waals surface area contributed by atoms with Gasteiger partial charge in [0.15, 0.2) is 10.3 Å². The summed E-state index contributed by atoms with van der Waals surface area (Å²) < 4.78 is 0. The number of aromatic nitrogens is 2. The Morgan fingerprint density at radius 1 is 1.64 bits per heavy atom. The lowest BCUT2D eigenvalue weighted by Gasteiger charge is -1.89. The summed E-state index contributed by atoms with van der Waals surface area (Å²) in [6.45, 7) is 3.85. The van der Waals surface area contributed by atoms with E-state index in [1.807, 2.05) is 13.8 Å². The quantitative estimate of drug-likeness (QED) is 0.334. The van der Waals surface area contributed by atoms with Crippen LogP contribution in [-0.2, 0) is 0 Å². The van der Waals surface area contributed by atoms with Gasteiger partial charge in [0.1, 0.15) is 0 Å². The fourth-order valence-corrected chi connectivity index (χ4v) is 1.26. The highest BCUT2D eigenvalue weighted by atomic mass is 32.2. The van der Waals surface area contributed by atoms with Gasteiger partial charge in [0, 0.05) is 5.69 Å². The summed E-state index contributed by atoms with van der Waals surface area (Å²) in [5.41, 5.74) is 7.14. The molecule has 0 atom stereocenters. The van der Waals surface area contributed by atoms with E-state index in [9.17, 15) is 0 Å². The maximum absolute atomic E-state index is 6.99. The molecule has 4 nitrogen and oxygen atoms in total. The van der Waals surface area contributed by atoms with Crippen LogP contribution < -0.4 is 5.73 Å². The molecule has 1 aromatic heterocycles. The minimum absolute atomic E-state index is 0.0544. The highest BCUT2D eigenvalue weighted by molar-refractivity contribution is 8.13. The number of nitrogens with one attached hydrogen (secondary N) is 2. The number of nitrogens with two attached hydrogens (primary N) is 1. The summed E-state index contributed by atoms with van der Waals surface area (Å²) in [5.74, 6) is 0. The van der Waals surface area contributed by atoms with Crippen molar-refractivity contribution in [1.29, 1.82) is 5.41 Å². The Kier molecular flexibility index (Phi) is 2.19. The summed E-state index contributed by atoms with van der Waals surface area (Å²) in [5, 5.41) is 7.73. The second-order valence-corrected chi connectivity index (χ2v) is 3.25. The van der Waals surface area contributed by atoms with Crippen LogP contribution in [0.4, 0.5) is 0 Å². The molecule has 0 aromatic carbocycles. The van der Waals surface area contributed by atoms with Crippen LogP contribution in [0.15, 0.2) is 5.16 Å². The first kappa shape index (κ1) is 8.13. The number of H-pyrrole nitrogens is 1. The van der Waals surface area contributed by atoms with Gasteiger partial charge >= 0.3 is 0 Å². The number of aromatic amines is 1. The summed E-state index contributed by atoms with van der Waals surface area (Å²) in [6, 6.07) is 0. The van der Waals surface area contributed by atoms with E-state index < -0.39 is 0 Å². The molecule has 0 saturated heterocycles. The second kappa shape index (κ2) is 2.96. The number of hydrogen-bond donors (Lipinski definition) is 3. The van der Waals surface area contributed by atoms with Gasteiger partial charge in [-0.1, -0.05) is 0 Å². The van der Waals surface area contributed by atoms with Gasteiger partial charge in [-0.15, -0.1) is 0 Å². The van der Waals surface area contributed by atoms with Crippen molar-refractivity contribution in [3.05, 3.63) is 11.4 Å². The number of thioether (sulfide) groups is 1. The Hall–Kier alpha value is -0.970. The minimum atomic E-state index is 0.0544. The molecule has 0 aliphatic rings. The maximum atomic E-state index is 6.99. The van der Waals surface area contributed by atoms with Gasteiger partial charge in [0.2, 0.25) is 0 Å². The average molecular weight is 170 g/mol. The molecule has 0 saturated carbocycles. The van der Waals surface area contributed by atoms with Crippen molar-refractivity contribution in [3.8, 4) is 0 Å². The number of rotatable bonds is 1. The lowest BCUT2D eigenvalue weighted by atomic mass is 10.4. The van der Waals surface area contributed by atoms with E-state index in [-0.39, 0.29) is 5.17 Å². The number of aryl methyl sites for hydroxylation is 2. The fourth-order valence-electron chi connectivity index (χ4n) is 0.667. The van der Waals surface area contributed by atoms with Gasteiger partial charge in [-0.3, -0.25) is 5.41 Å². The number of nitrogens with zero attached hydrogens (tertiary/aromatic N) is 1. The molecule has 0 bridgehead atoms. The summed E-state index contributed by atoms with van der Waals surface area (Å²) in [6.07, 6.45) is 0. The Labute approximate surface area is 69.1 Å². The molecule has 0 radical (unpaired) electrons. The largest absolute Gasteiger partial charge is 0.378 e. The monoisotopic (exact) mass is 170 g/mol. The lowest BCUT2D eigenvalue weighted by Crippen LogP contribution is -2.03. The number of amidine groups is 1. The molecule has 1 rings (SSSR count). The zero-order chi connectivity index (χ0) is 8.43. The van der Waals surface area contributed by atoms with Gasteiger partial charge in [-0.2, -0.15) is 0 Å². The molecule has 11 heavy (non-hydrogen) atoms. The summed E-state index contributed by atoms with van der Waals surface area (Å²) >= 11 is 1.13.